The van der Waals surface area contributed by atoms with Crippen molar-refractivity contribution in [1.82, 2.24) is 0 Å². The molecule has 0 aromatic heterocycles. The molecule has 0 aromatic rings. The van der Waals surface area contributed by atoms with E-state index in [0.717, 1.165) is 25.7 Å². The quantitative estimate of drug-likeness (QED) is 0.314. The number of aliphatic carboxylic acids is 2. The van der Waals surface area contributed by atoms with Crippen LogP contribution in [0.1, 0.15) is 46.9 Å². The van der Waals surface area contributed by atoms with Crippen LogP contribution in [0.3, 0.4) is 0 Å². The molecule has 0 amide bonds. The summed E-state index contributed by atoms with van der Waals surface area (Å²) in [5.74, 6) is -3.68. The van der Waals surface area contributed by atoms with E-state index in [9.17, 15) is 9.59 Å². The topological polar surface area (TPSA) is 74.6 Å². The van der Waals surface area contributed by atoms with Crippen LogP contribution in [0.2, 0.25) is 0 Å². The smallest absolute Gasteiger partial charge is 1.00 e. The van der Waals surface area contributed by atoms with Gasteiger partial charge < -0.3 is 11.6 Å². The van der Waals surface area contributed by atoms with Gasteiger partial charge in [-0.25, -0.2) is 0 Å². The zero-order valence-corrected chi connectivity index (χ0v) is 9.53. The second kappa shape index (κ2) is 10.1. The van der Waals surface area contributed by atoms with Crippen molar-refractivity contribution in [3.63, 3.8) is 0 Å². The van der Waals surface area contributed by atoms with E-state index >= 15 is 0 Å². The van der Waals surface area contributed by atoms with Crippen LogP contribution >= 0.6 is 0 Å². The number of unbranched alkanes of at least 4 members (excludes halogenated alkanes) is 4. The Labute approximate surface area is 104 Å². The van der Waals surface area contributed by atoms with Gasteiger partial charge in [0.25, 0.3) is 0 Å². The molecule has 0 fully saturated rings. The molecule has 4 nitrogen and oxygen atoms in total. The SMILES string of the molecule is CCCCCCCC(C(=O)O)C(=O)O.[H-].[Li+]. The predicted octanol–water partition coefficient (Wildman–Crippen LogP) is -0.751. The summed E-state index contributed by atoms with van der Waals surface area (Å²) < 4.78 is 0. The second-order valence-corrected chi connectivity index (χ2v) is 3.43. The van der Waals surface area contributed by atoms with E-state index in [1.165, 1.54) is 0 Å². The minimum absolute atomic E-state index is 0. The summed E-state index contributed by atoms with van der Waals surface area (Å²) in [5, 5.41) is 17.1. The molecule has 0 saturated heterocycles. The van der Waals surface area contributed by atoms with Crippen molar-refractivity contribution in [3.05, 3.63) is 0 Å². The summed E-state index contributed by atoms with van der Waals surface area (Å²) in [6, 6.07) is 0. The van der Waals surface area contributed by atoms with Crippen molar-refractivity contribution >= 4 is 11.9 Å². The Kier molecular flexibility index (Phi) is 11.4. The predicted molar refractivity (Wildman–Crippen MR) is 53.2 cm³/mol. The number of carbonyl (C=O) groups is 2. The van der Waals surface area contributed by atoms with Gasteiger partial charge in [0, 0.05) is 0 Å². The monoisotopic (exact) mass is 210 g/mol. The van der Waals surface area contributed by atoms with Crippen molar-refractivity contribution in [1.29, 1.82) is 0 Å². The molecule has 0 unspecified atom stereocenters. The molecule has 0 atom stereocenters. The van der Waals surface area contributed by atoms with Crippen molar-refractivity contribution < 1.29 is 40.1 Å². The van der Waals surface area contributed by atoms with Gasteiger partial charge in [-0.05, 0) is 6.42 Å². The minimum atomic E-state index is -1.23. The molecule has 0 heterocycles. The Morgan fingerprint density at radius 3 is 1.93 bits per heavy atom. The fraction of sp³-hybridized carbons (Fsp3) is 0.800. The van der Waals surface area contributed by atoms with E-state index < -0.39 is 17.9 Å². The summed E-state index contributed by atoms with van der Waals surface area (Å²) in [6.45, 7) is 2.09. The van der Waals surface area contributed by atoms with Crippen LogP contribution < -0.4 is 18.9 Å². The maximum Gasteiger partial charge on any atom is 1.00 e. The van der Waals surface area contributed by atoms with Crippen LogP contribution in [-0.4, -0.2) is 22.2 Å². The van der Waals surface area contributed by atoms with Gasteiger partial charge in [0.1, 0.15) is 0 Å². The molecule has 0 bridgehead atoms. The van der Waals surface area contributed by atoms with Gasteiger partial charge in [0.2, 0.25) is 0 Å². The molecule has 0 aliphatic rings. The van der Waals surface area contributed by atoms with Crippen LogP contribution in [0.5, 0.6) is 0 Å². The maximum atomic E-state index is 10.5. The third kappa shape index (κ3) is 8.53. The summed E-state index contributed by atoms with van der Waals surface area (Å²) in [5.41, 5.74) is 0. The summed E-state index contributed by atoms with van der Waals surface area (Å²) in [7, 11) is 0. The van der Waals surface area contributed by atoms with Crippen LogP contribution in [0.15, 0.2) is 0 Å². The summed E-state index contributed by atoms with van der Waals surface area (Å²) in [4.78, 5) is 21.0. The van der Waals surface area contributed by atoms with Gasteiger partial charge in [0.05, 0.1) is 0 Å². The Morgan fingerprint density at radius 1 is 1.07 bits per heavy atom. The molecule has 2 N–H and O–H groups in total. The Hall–Kier alpha value is -0.463. The molecule has 0 radical (unpaired) electrons. The molecular weight excluding hydrogens is 191 g/mol. The minimum Gasteiger partial charge on any atom is -1.00 e. The van der Waals surface area contributed by atoms with Crippen molar-refractivity contribution in [2.75, 3.05) is 0 Å². The normalized spacial score (nSPS) is 9.73. The van der Waals surface area contributed by atoms with E-state index in [4.69, 9.17) is 10.2 Å². The standard InChI is InChI=1S/C10H18O4.Li.H/c1-2-3-4-5-6-7-8(9(11)12)10(13)14;;/h8H,2-7H2,1H3,(H,11,12)(H,13,14);;/q;+1;-1. The molecule has 5 heteroatoms. The largest absolute Gasteiger partial charge is 1.00 e. The molecule has 0 saturated carbocycles. The molecule has 0 rings (SSSR count). The molecule has 0 aliphatic carbocycles. The van der Waals surface area contributed by atoms with Gasteiger partial charge in [-0.1, -0.05) is 39.0 Å². The van der Waals surface area contributed by atoms with E-state index in [1.54, 1.807) is 0 Å². The molecule has 84 valence electrons. The van der Waals surface area contributed by atoms with E-state index in [0.29, 0.717) is 6.42 Å². The van der Waals surface area contributed by atoms with Crippen LogP contribution in [0, 0.1) is 5.92 Å². The fourth-order valence-electron chi connectivity index (χ4n) is 1.30. The first-order valence-corrected chi connectivity index (χ1v) is 5.05. The summed E-state index contributed by atoms with van der Waals surface area (Å²) in [6.07, 6.45) is 5.16. The average Bonchev–Trinajstić information content (AvgIpc) is 2.09. The third-order valence-corrected chi connectivity index (χ3v) is 2.19. The summed E-state index contributed by atoms with van der Waals surface area (Å²) >= 11 is 0. The fourth-order valence-corrected chi connectivity index (χ4v) is 1.30. The van der Waals surface area contributed by atoms with Gasteiger partial charge in [-0.2, -0.15) is 0 Å². The zero-order valence-electron chi connectivity index (χ0n) is 10.5. The first kappa shape index (κ1) is 16.9. The van der Waals surface area contributed by atoms with Crippen molar-refractivity contribution in [3.8, 4) is 0 Å². The van der Waals surface area contributed by atoms with E-state index in [1.807, 2.05) is 0 Å². The van der Waals surface area contributed by atoms with E-state index in [2.05, 4.69) is 6.92 Å². The van der Waals surface area contributed by atoms with Gasteiger partial charge in [0.15, 0.2) is 5.92 Å². The number of hydrogen-bond acceptors (Lipinski definition) is 2. The average molecular weight is 210 g/mol. The molecular formula is C10H19LiO4. The van der Waals surface area contributed by atoms with Gasteiger partial charge in [-0.3, -0.25) is 9.59 Å². The van der Waals surface area contributed by atoms with Gasteiger partial charge in [-0.15, -0.1) is 0 Å². The molecule has 0 spiro atoms. The Morgan fingerprint density at radius 2 is 1.53 bits per heavy atom. The number of carboxylic acid groups (broad SMARTS) is 2. The van der Waals surface area contributed by atoms with Crippen molar-refractivity contribution in [2.45, 2.75) is 45.4 Å². The second-order valence-electron chi connectivity index (χ2n) is 3.43. The maximum absolute atomic E-state index is 10.5. The van der Waals surface area contributed by atoms with E-state index in [-0.39, 0.29) is 26.7 Å². The molecule has 15 heavy (non-hydrogen) atoms. The number of hydrogen-bond donors (Lipinski definition) is 2. The molecule has 0 aromatic carbocycles. The third-order valence-electron chi connectivity index (χ3n) is 2.19. The Balaban J connectivity index is -0.000000845. The van der Waals surface area contributed by atoms with Gasteiger partial charge >= 0.3 is 30.8 Å². The first-order valence-electron chi connectivity index (χ1n) is 5.05. The van der Waals surface area contributed by atoms with Crippen molar-refractivity contribution in [2.24, 2.45) is 5.92 Å². The number of rotatable bonds is 8. The van der Waals surface area contributed by atoms with Crippen LogP contribution in [0.4, 0.5) is 0 Å². The van der Waals surface area contributed by atoms with Crippen LogP contribution in [0.25, 0.3) is 0 Å². The van der Waals surface area contributed by atoms with Crippen LogP contribution in [-0.2, 0) is 9.59 Å². The number of carboxylic acids is 2. The zero-order chi connectivity index (χ0) is 11.0. The molecule has 0 aliphatic heterocycles. The first-order chi connectivity index (χ1) is 6.59. The Bertz CT molecular complexity index is 185.